The summed E-state index contributed by atoms with van der Waals surface area (Å²) in [4.78, 5) is 24.2. The summed E-state index contributed by atoms with van der Waals surface area (Å²) in [6, 6.07) is 9.12. The van der Waals surface area contributed by atoms with Gasteiger partial charge in [-0.25, -0.2) is 4.39 Å². The topological polar surface area (TPSA) is 85.9 Å². The van der Waals surface area contributed by atoms with Crippen LogP contribution in [0.5, 0.6) is 17.2 Å². The van der Waals surface area contributed by atoms with E-state index in [0.717, 1.165) is 6.07 Å². The average molecular weight is 412 g/mol. The van der Waals surface area contributed by atoms with Crippen LogP contribution in [0.15, 0.2) is 42.5 Å². The van der Waals surface area contributed by atoms with Crippen LogP contribution in [0.2, 0.25) is 0 Å². The number of para-hydroxylation sites is 1. The summed E-state index contributed by atoms with van der Waals surface area (Å²) in [6.07, 6.45) is -1.10. The number of nitrogens with one attached hydrogen (secondary N) is 2. The van der Waals surface area contributed by atoms with E-state index in [1.807, 2.05) is 0 Å². The predicted octanol–water partition coefficient (Wildman–Crippen LogP) is 3.05. The minimum absolute atomic E-state index is 0.0260. The van der Waals surface area contributed by atoms with Gasteiger partial charge in [-0.1, -0.05) is 12.1 Å². The van der Waals surface area contributed by atoms with Crippen LogP contribution < -0.4 is 25.1 Å². The van der Waals surface area contributed by atoms with Gasteiger partial charge in [0.15, 0.2) is 29.2 Å². The first-order chi connectivity index (χ1) is 13.8. The molecule has 0 heterocycles. The van der Waals surface area contributed by atoms with Gasteiger partial charge in [-0.15, -0.1) is 0 Å². The monoisotopic (exact) mass is 412 g/mol. The summed E-state index contributed by atoms with van der Waals surface area (Å²) in [6.45, 7) is 0.115. The Hall–Kier alpha value is -3.43. The van der Waals surface area contributed by atoms with E-state index in [0.29, 0.717) is 0 Å². The average Bonchev–Trinajstić information content (AvgIpc) is 2.68. The molecule has 0 saturated heterocycles. The summed E-state index contributed by atoms with van der Waals surface area (Å²) >= 11 is 0. The van der Waals surface area contributed by atoms with Gasteiger partial charge in [-0.3, -0.25) is 20.4 Å². The maximum atomic E-state index is 13.6. The molecule has 2 aromatic rings. The Kier molecular flexibility index (Phi) is 7.70. The largest absolute Gasteiger partial charge is 0.490 e. The Morgan fingerprint density at radius 2 is 1.72 bits per heavy atom. The molecule has 1 atom stereocenters. The molecule has 7 nitrogen and oxygen atoms in total. The predicted molar refractivity (Wildman–Crippen MR) is 96.3 cm³/mol. The molecule has 10 heteroatoms. The molecule has 0 spiro atoms. The van der Waals surface area contributed by atoms with E-state index < -0.39 is 30.3 Å². The van der Waals surface area contributed by atoms with Crippen LogP contribution in [0.25, 0.3) is 0 Å². The number of benzene rings is 2. The third kappa shape index (κ3) is 6.30. The third-order valence-electron chi connectivity index (χ3n) is 3.53. The van der Waals surface area contributed by atoms with Crippen LogP contribution in [0.3, 0.4) is 0 Å². The van der Waals surface area contributed by atoms with Gasteiger partial charge in [-0.2, -0.15) is 8.78 Å². The molecule has 0 aromatic heterocycles. The number of hydrazine groups is 1. The van der Waals surface area contributed by atoms with E-state index in [1.165, 1.54) is 37.3 Å². The molecule has 2 rings (SSSR count). The third-order valence-corrected chi connectivity index (χ3v) is 3.53. The summed E-state index contributed by atoms with van der Waals surface area (Å²) in [5.41, 5.74) is 4.32. The Balaban J connectivity index is 1.98. The van der Waals surface area contributed by atoms with Crippen molar-refractivity contribution in [2.75, 3.05) is 6.61 Å². The number of carbonyl (C=O) groups is 2. The van der Waals surface area contributed by atoms with Crippen molar-refractivity contribution >= 4 is 11.8 Å². The van der Waals surface area contributed by atoms with Gasteiger partial charge in [0.1, 0.15) is 0 Å². The zero-order valence-electron chi connectivity index (χ0n) is 15.6. The minimum atomic E-state index is -3.05. The molecular formula is C19H19F3N2O5. The van der Waals surface area contributed by atoms with E-state index in [1.54, 1.807) is 13.0 Å². The number of hydrogen-bond acceptors (Lipinski definition) is 5. The normalized spacial score (nSPS) is 11.5. The van der Waals surface area contributed by atoms with Gasteiger partial charge in [0.25, 0.3) is 11.8 Å². The highest BCUT2D eigenvalue weighted by Crippen LogP contribution is 2.29. The molecule has 0 aliphatic heterocycles. The first-order valence-corrected chi connectivity index (χ1v) is 8.54. The Morgan fingerprint density at radius 1 is 1.00 bits per heavy atom. The molecule has 0 aliphatic carbocycles. The van der Waals surface area contributed by atoms with Crippen molar-refractivity contribution < 1.29 is 37.0 Å². The van der Waals surface area contributed by atoms with Crippen molar-refractivity contribution in [3.63, 3.8) is 0 Å². The van der Waals surface area contributed by atoms with Gasteiger partial charge in [0.2, 0.25) is 0 Å². The first-order valence-electron chi connectivity index (χ1n) is 8.54. The van der Waals surface area contributed by atoms with Crippen molar-refractivity contribution in [1.29, 1.82) is 0 Å². The second kappa shape index (κ2) is 10.2. The molecule has 0 radical (unpaired) electrons. The highest BCUT2D eigenvalue weighted by molar-refractivity contribution is 5.96. The molecule has 2 aromatic carbocycles. The smallest absolute Gasteiger partial charge is 0.387 e. The fourth-order valence-corrected chi connectivity index (χ4v) is 2.19. The molecule has 0 saturated carbocycles. The van der Waals surface area contributed by atoms with Crippen LogP contribution >= 0.6 is 0 Å². The van der Waals surface area contributed by atoms with Crippen LogP contribution in [-0.4, -0.2) is 31.1 Å². The van der Waals surface area contributed by atoms with Crippen molar-refractivity contribution in [2.24, 2.45) is 0 Å². The molecule has 156 valence electrons. The second-order valence-electron chi connectivity index (χ2n) is 5.61. The molecule has 0 aliphatic rings. The van der Waals surface area contributed by atoms with E-state index in [2.05, 4.69) is 15.6 Å². The highest BCUT2D eigenvalue weighted by Gasteiger charge is 2.19. The van der Waals surface area contributed by atoms with E-state index >= 15 is 0 Å². The van der Waals surface area contributed by atoms with E-state index in [9.17, 15) is 22.8 Å². The molecule has 0 fully saturated rings. The zero-order valence-corrected chi connectivity index (χ0v) is 15.6. The summed E-state index contributed by atoms with van der Waals surface area (Å²) in [7, 11) is 0. The fourth-order valence-electron chi connectivity index (χ4n) is 2.19. The number of hydrogen-bond donors (Lipinski definition) is 2. The lowest BCUT2D eigenvalue weighted by Gasteiger charge is -2.16. The molecule has 0 bridgehead atoms. The Labute approximate surface area is 164 Å². The van der Waals surface area contributed by atoms with E-state index in [4.69, 9.17) is 9.47 Å². The number of ether oxygens (including phenoxy) is 3. The van der Waals surface area contributed by atoms with Crippen molar-refractivity contribution in [2.45, 2.75) is 26.6 Å². The van der Waals surface area contributed by atoms with Crippen molar-refractivity contribution in [1.82, 2.24) is 10.9 Å². The molecule has 29 heavy (non-hydrogen) atoms. The molecule has 2 amide bonds. The lowest BCUT2D eigenvalue weighted by molar-refractivity contribution is -0.128. The van der Waals surface area contributed by atoms with Gasteiger partial charge < -0.3 is 14.2 Å². The van der Waals surface area contributed by atoms with E-state index in [-0.39, 0.29) is 29.4 Å². The maximum absolute atomic E-state index is 13.6. The number of amides is 2. The van der Waals surface area contributed by atoms with Crippen molar-refractivity contribution in [3.05, 3.63) is 53.8 Å². The van der Waals surface area contributed by atoms with Gasteiger partial charge in [-0.05, 0) is 44.2 Å². The Bertz CT molecular complexity index is 863. The van der Waals surface area contributed by atoms with Crippen LogP contribution in [-0.2, 0) is 4.79 Å². The number of halogens is 3. The standard InChI is InChI=1S/C19H19F3N2O5/c1-3-27-16-10-12(8-9-15(16)29-19(21)22)18(26)24-23-17(25)11(2)28-14-7-5-4-6-13(14)20/h4-11,19H,3H2,1-2H3,(H,23,25)(H,24,26)/t11-/m1/s1. The lowest BCUT2D eigenvalue weighted by Crippen LogP contribution is -2.47. The molecular weight excluding hydrogens is 393 g/mol. The number of rotatable bonds is 8. The number of alkyl halides is 2. The first kappa shape index (κ1) is 21.9. The maximum Gasteiger partial charge on any atom is 0.387 e. The summed E-state index contributed by atoms with van der Waals surface area (Å²) < 4.78 is 53.1. The van der Waals surface area contributed by atoms with Crippen LogP contribution in [0.1, 0.15) is 24.2 Å². The second-order valence-corrected chi connectivity index (χ2v) is 5.61. The van der Waals surface area contributed by atoms with Crippen molar-refractivity contribution in [3.8, 4) is 17.2 Å². The van der Waals surface area contributed by atoms with Crippen LogP contribution in [0.4, 0.5) is 13.2 Å². The number of carbonyl (C=O) groups excluding carboxylic acids is 2. The Morgan fingerprint density at radius 3 is 2.38 bits per heavy atom. The van der Waals surface area contributed by atoms with Gasteiger partial charge in [0, 0.05) is 5.56 Å². The zero-order chi connectivity index (χ0) is 21.4. The lowest BCUT2D eigenvalue weighted by atomic mass is 10.2. The van der Waals surface area contributed by atoms with Gasteiger partial charge in [0.05, 0.1) is 6.61 Å². The molecule has 2 N–H and O–H groups in total. The highest BCUT2D eigenvalue weighted by atomic mass is 19.3. The summed E-state index contributed by atoms with van der Waals surface area (Å²) in [5.74, 6) is -2.49. The quantitative estimate of drug-likeness (QED) is 0.651. The fraction of sp³-hybridized carbons (Fsp3) is 0.263. The summed E-state index contributed by atoms with van der Waals surface area (Å²) in [5, 5.41) is 0. The minimum Gasteiger partial charge on any atom is -0.490 e. The molecule has 0 unspecified atom stereocenters. The van der Waals surface area contributed by atoms with Crippen LogP contribution in [0, 0.1) is 5.82 Å². The SMILES string of the molecule is CCOc1cc(C(=O)NNC(=O)[C@@H](C)Oc2ccccc2F)ccc1OC(F)F. The van der Waals surface area contributed by atoms with Gasteiger partial charge >= 0.3 is 6.61 Å².